The van der Waals surface area contributed by atoms with Crippen molar-refractivity contribution in [3.05, 3.63) is 63.4 Å². The van der Waals surface area contributed by atoms with E-state index in [0.29, 0.717) is 28.1 Å². The van der Waals surface area contributed by atoms with Crippen molar-refractivity contribution in [3.63, 3.8) is 0 Å². The Bertz CT molecular complexity index is 1210. The summed E-state index contributed by atoms with van der Waals surface area (Å²) < 4.78 is 11.7. The van der Waals surface area contributed by atoms with E-state index in [1.165, 1.54) is 31.9 Å². The molecule has 1 amide bonds. The van der Waals surface area contributed by atoms with Crippen molar-refractivity contribution in [3.8, 4) is 17.2 Å². The van der Waals surface area contributed by atoms with Gasteiger partial charge in [0.2, 0.25) is 0 Å². The van der Waals surface area contributed by atoms with E-state index in [2.05, 4.69) is 5.32 Å². The minimum absolute atomic E-state index is 0.0953. The lowest BCUT2D eigenvalue weighted by molar-refractivity contribution is -0.136. The van der Waals surface area contributed by atoms with Crippen LogP contribution in [0.1, 0.15) is 21.5 Å². The van der Waals surface area contributed by atoms with Gasteiger partial charge in [-0.05, 0) is 17.2 Å². The number of aromatic nitrogens is 1. The van der Waals surface area contributed by atoms with E-state index in [1.54, 1.807) is 30.3 Å². The van der Waals surface area contributed by atoms with Crippen molar-refractivity contribution in [2.45, 2.75) is 13.0 Å². The van der Waals surface area contributed by atoms with Gasteiger partial charge in [-0.25, -0.2) is 0 Å². The number of rotatable bonds is 7. The number of pyridine rings is 1. The number of nitrogens with zero attached hydrogens (tertiary/aromatic N) is 1. The zero-order valence-corrected chi connectivity index (χ0v) is 17.3. The number of benzene rings is 2. The van der Waals surface area contributed by atoms with Crippen molar-refractivity contribution in [2.24, 2.45) is 7.05 Å². The summed E-state index contributed by atoms with van der Waals surface area (Å²) in [6.07, 6.45) is -0.0953. The largest absolute Gasteiger partial charge is 0.506 e. The van der Waals surface area contributed by atoms with E-state index in [4.69, 9.17) is 14.6 Å². The van der Waals surface area contributed by atoms with Gasteiger partial charge >= 0.3 is 5.97 Å². The Balaban J connectivity index is 1.92. The van der Waals surface area contributed by atoms with Crippen LogP contribution in [0, 0.1) is 0 Å². The van der Waals surface area contributed by atoms with E-state index in [0.717, 1.165) is 0 Å². The highest BCUT2D eigenvalue weighted by molar-refractivity contribution is 6.02. The second-order valence-corrected chi connectivity index (χ2v) is 6.88. The van der Waals surface area contributed by atoms with Gasteiger partial charge in [0.15, 0.2) is 11.5 Å². The summed E-state index contributed by atoms with van der Waals surface area (Å²) in [6.45, 7) is 0.0960. The molecule has 0 spiro atoms. The Kier molecular flexibility index (Phi) is 6.15. The summed E-state index contributed by atoms with van der Waals surface area (Å²) in [4.78, 5) is 36.3. The third kappa shape index (κ3) is 4.30. The van der Waals surface area contributed by atoms with Crippen molar-refractivity contribution in [2.75, 3.05) is 14.2 Å². The van der Waals surface area contributed by atoms with Gasteiger partial charge in [-0.2, -0.15) is 0 Å². The summed E-state index contributed by atoms with van der Waals surface area (Å²) in [6, 6.07) is 9.74. The molecule has 0 atom stereocenters. The monoisotopic (exact) mass is 426 g/mol. The number of carbonyl (C=O) groups is 2. The maximum absolute atomic E-state index is 12.8. The number of methoxy groups -OCH3 is 2. The van der Waals surface area contributed by atoms with E-state index in [9.17, 15) is 19.5 Å². The molecule has 31 heavy (non-hydrogen) atoms. The van der Waals surface area contributed by atoms with Crippen LogP contribution in [0.3, 0.4) is 0 Å². The SMILES string of the molecule is COc1cc2c(O)c(C(=O)NCc3ccc(CC(=O)O)cc3)c(=O)n(C)c2cc1OC. The second-order valence-electron chi connectivity index (χ2n) is 6.88. The molecule has 0 aliphatic carbocycles. The molecule has 0 saturated heterocycles. The number of carbonyl (C=O) groups excluding carboxylic acids is 1. The number of amides is 1. The highest BCUT2D eigenvalue weighted by Crippen LogP contribution is 2.36. The highest BCUT2D eigenvalue weighted by Gasteiger charge is 2.22. The number of aliphatic carboxylic acids is 1. The predicted molar refractivity (Wildman–Crippen MR) is 113 cm³/mol. The molecule has 1 aromatic heterocycles. The molecule has 0 aliphatic rings. The standard InChI is InChI=1S/C22H22N2O7/c1-24-15-10-17(31-3)16(30-2)9-14(15)20(27)19(22(24)29)21(28)23-11-13-6-4-12(5-7-13)8-18(25)26/h4-7,9-10,27H,8,11H2,1-3H3,(H,23,28)(H,25,26). The number of aromatic hydroxyl groups is 1. The van der Waals surface area contributed by atoms with Gasteiger partial charge in [0.1, 0.15) is 11.3 Å². The first-order chi connectivity index (χ1) is 14.8. The van der Waals surface area contributed by atoms with Crippen LogP contribution in [-0.4, -0.2) is 40.9 Å². The number of aryl methyl sites for hydroxylation is 1. The fourth-order valence-electron chi connectivity index (χ4n) is 3.27. The molecule has 0 aliphatic heterocycles. The smallest absolute Gasteiger partial charge is 0.307 e. The van der Waals surface area contributed by atoms with E-state index in [1.807, 2.05) is 0 Å². The molecule has 3 aromatic rings. The van der Waals surface area contributed by atoms with Crippen LogP contribution in [0.25, 0.3) is 10.9 Å². The van der Waals surface area contributed by atoms with Crippen LogP contribution >= 0.6 is 0 Å². The zero-order valence-electron chi connectivity index (χ0n) is 17.3. The number of fused-ring (bicyclic) bond motifs is 1. The van der Waals surface area contributed by atoms with Crippen molar-refractivity contribution in [1.82, 2.24) is 9.88 Å². The Morgan fingerprint density at radius 1 is 1.03 bits per heavy atom. The molecular formula is C22H22N2O7. The number of carboxylic acid groups (broad SMARTS) is 1. The van der Waals surface area contributed by atoms with Crippen LogP contribution in [-0.2, 0) is 24.8 Å². The lowest BCUT2D eigenvalue weighted by atomic mass is 10.1. The maximum atomic E-state index is 12.8. The average Bonchev–Trinajstić information content (AvgIpc) is 2.75. The molecule has 2 aromatic carbocycles. The van der Waals surface area contributed by atoms with Crippen molar-refractivity contribution >= 4 is 22.8 Å². The van der Waals surface area contributed by atoms with Gasteiger partial charge in [-0.15, -0.1) is 0 Å². The fourth-order valence-corrected chi connectivity index (χ4v) is 3.27. The Labute approximate surface area is 177 Å². The summed E-state index contributed by atoms with van der Waals surface area (Å²) in [5.74, 6) is -1.39. The highest BCUT2D eigenvalue weighted by atomic mass is 16.5. The molecule has 0 saturated carbocycles. The van der Waals surface area contributed by atoms with Gasteiger partial charge in [0, 0.05) is 25.0 Å². The zero-order chi connectivity index (χ0) is 22.7. The number of carboxylic acids is 1. The Hall–Kier alpha value is -4.01. The summed E-state index contributed by atoms with van der Waals surface area (Å²) in [5.41, 5.74) is 0.681. The molecule has 162 valence electrons. The summed E-state index contributed by atoms with van der Waals surface area (Å²) in [7, 11) is 4.39. The number of nitrogens with one attached hydrogen (secondary N) is 1. The van der Waals surface area contributed by atoms with Gasteiger partial charge < -0.3 is 29.6 Å². The van der Waals surface area contributed by atoms with E-state index in [-0.39, 0.29) is 23.9 Å². The van der Waals surface area contributed by atoms with Crippen molar-refractivity contribution in [1.29, 1.82) is 0 Å². The van der Waals surface area contributed by atoms with Gasteiger partial charge in [-0.1, -0.05) is 24.3 Å². The lowest BCUT2D eigenvalue weighted by Crippen LogP contribution is -2.32. The Morgan fingerprint density at radius 2 is 1.61 bits per heavy atom. The third-order valence-corrected chi connectivity index (χ3v) is 4.93. The molecule has 3 N–H and O–H groups in total. The molecule has 0 unspecified atom stereocenters. The number of hydrogen-bond donors (Lipinski definition) is 3. The van der Waals surface area contributed by atoms with Gasteiger partial charge in [0.25, 0.3) is 11.5 Å². The first kappa shape index (κ1) is 21.7. The molecule has 9 nitrogen and oxygen atoms in total. The number of hydrogen-bond acceptors (Lipinski definition) is 6. The normalized spacial score (nSPS) is 10.7. The predicted octanol–water partition coefficient (Wildman–Crippen LogP) is 1.82. The van der Waals surface area contributed by atoms with Crippen LogP contribution in [0.5, 0.6) is 17.2 Å². The second kappa shape index (κ2) is 8.78. The minimum atomic E-state index is -0.932. The Morgan fingerprint density at radius 3 is 2.19 bits per heavy atom. The maximum Gasteiger partial charge on any atom is 0.307 e. The van der Waals surface area contributed by atoms with Gasteiger partial charge in [-0.3, -0.25) is 14.4 Å². The fraction of sp³-hybridized carbons (Fsp3) is 0.227. The average molecular weight is 426 g/mol. The van der Waals surface area contributed by atoms with E-state index >= 15 is 0 Å². The summed E-state index contributed by atoms with van der Waals surface area (Å²) in [5, 5.41) is 22.4. The molecule has 3 rings (SSSR count). The number of ether oxygens (including phenoxy) is 2. The van der Waals surface area contributed by atoms with Crippen LogP contribution < -0.4 is 20.3 Å². The molecule has 0 radical (unpaired) electrons. The molecule has 9 heteroatoms. The van der Waals surface area contributed by atoms with Crippen molar-refractivity contribution < 1.29 is 29.3 Å². The lowest BCUT2D eigenvalue weighted by Gasteiger charge is -2.15. The van der Waals surface area contributed by atoms with Crippen LogP contribution in [0.2, 0.25) is 0 Å². The molecule has 1 heterocycles. The first-order valence-electron chi connectivity index (χ1n) is 9.32. The molecule has 0 bridgehead atoms. The molecular weight excluding hydrogens is 404 g/mol. The van der Waals surface area contributed by atoms with Crippen LogP contribution in [0.15, 0.2) is 41.2 Å². The van der Waals surface area contributed by atoms with Crippen LogP contribution in [0.4, 0.5) is 0 Å². The third-order valence-electron chi connectivity index (χ3n) is 4.93. The summed E-state index contributed by atoms with van der Waals surface area (Å²) >= 11 is 0. The topological polar surface area (TPSA) is 127 Å². The quantitative estimate of drug-likeness (QED) is 0.526. The minimum Gasteiger partial charge on any atom is -0.506 e. The molecule has 0 fully saturated rings. The van der Waals surface area contributed by atoms with E-state index < -0.39 is 23.2 Å². The van der Waals surface area contributed by atoms with Gasteiger partial charge in [0.05, 0.1) is 26.2 Å². The first-order valence-corrected chi connectivity index (χ1v) is 9.32.